The van der Waals surface area contributed by atoms with Gasteiger partial charge in [0, 0.05) is 6.07 Å². The van der Waals surface area contributed by atoms with E-state index in [1.165, 1.54) is 6.07 Å². The third-order valence-electron chi connectivity index (χ3n) is 1.14. The minimum Gasteiger partial charge on any atom is -0.204 e. The van der Waals surface area contributed by atoms with Gasteiger partial charge in [-0.15, -0.1) is 9.81 Å². The van der Waals surface area contributed by atoms with Crippen LogP contribution in [0.15, 0.2) is 28.6 Å². The highest BCUT2D eigenvalue weighted by atomic mass is 19.1. The molecule has 0 N–H and O–H groups in total. The van der Waals surface area contributed by atoms with Crippen LogP contribution in [-0.2, 0) is 0 Å². The van der Waals surface area contributed by atoms with Crippen molar-refractivity contribution in [2.45, 2.75) is 0 Å². The lowest BCUT2D eigenvalue weighted by Gasteiger charge is -1.91. The van der Waals surface area contributed by atoms with Gasteiger partial charge in [-0.3, -0.25) is 0 Å². The third-order valence-corrected chi connectivity index (χ3v) is 1.14. The van der Waals surface area contributed by atoms with Crippen LogP contribution in [0.1, 0.15) is 0 Å². The molecule has 0 aliphatic heterocycles. The van der Waals surface area contributed by atoms with Crippen molar-refractivity contribution in [3.8, 4) is 0 Å². The average Bonchev–Trinajstić information content (AvgIpc) is 2.04. The Morgan fingerprint density at radius 1 is 1.18 bits per heavy atom. The van der Waals surface area contributed by atoms with Crippen LogP contribution in [0.3, 0.4) is 0 Å². The first-order chi connectivity index (χ1) is 5.27. The van der Waals surface area contributed by atoms with Crippen LogP contribution in [0.4, 0.5) is 15.8 Å². The number of rotatable bonds is 2. The van der Waals surface area contributed by atoms with Gasteiger partial charge >= 0.3 is 0 Å². The molecule has 11 heavy (non-hydrogen) atoms. The summed E-state index contributed by atoms with van der Waals surface area (Å²) in [6, 6.07) is 3.16. The molecule has 0 unspecified atom stereocenters. The lowest BCUT2D eigenvalue weighted by atomic mass is 10.3. The maximum Gasteiger partial charge on any atom is 0.154 e. The largest absolute Gasteiger partial charge is 0.204 e. The van der Waals surface area contributed by atoms with Crippen molar-refractivity contribution in [2.24, 2.45) is 10.4 Å². The van der Waals surface area contributed by atoms with Gasteiger partial charge in [0.1, 0.15) is 11.4 Å². The van der Waals surface area contributed by atoms with Crippen molar-refractivity contribution < 1.29 is 4.39 Å². The fraction of sp³-hybridized carbons (Fsp3) is 0. The van der Waals surface area contributed by atoms with Crippen molar-refractivity contribution in [1.29, 1.82) is 0 Å². The van der Waals surface area contributed by atoms with Gasteiger partial charge in [-0.2, -0.15) is 0 Å². The van der Waals surface area contributed by atoms with Crippen LogP contribution in [0.2, 0.25) is 0 Å². The van der Waals surface area contributed by atoms with E-state index in [9.17, 15) is 14.2 Å². The molecule has 0 amide bonds. The first kappa shape index (κ1) is 7.46. The molecule has 1 aromatic rings. The molecule has 0 fully saturated rings. The first-order valence-corrected chi connectivity index (χ1v) is 2.74. The summed E-state index contributed by atoms with van der Waals surface area (Å²) >= 11 is 0. The van der Waals surface area contributed by atoms with Crippen LogP contribution in [0, 0.1) is 15.6 Å². The summed E-state index contributed by atoms with van der Waals surface area (Å²) in [5.41, 5.74) is -0.382. The zero-order valence-corrected chi connectivity index (χ0v) is 5.32. The maximum atomic E-state index is 12.5. The normalized spacial score (nSPS) is 9.18. The van der Waals surface area contributed by atoms with Crippen molar-refractivity contribution in [3.63, 3.8) is 0 Å². The molecule has 0 spiro atoms. The molecule has 1 rings (SSSR count). The van der Waals surface area contributed by atoms with Crippen LogP contribution >= 0.6 is 0 Å². The smallest absolute Gasteiger partial charge is 0.154 e. The van der Waals surface area contributed by atoms with Gasteiger partial charge in [-0.1, -0.05) is 0 Å². The zero-order chi connectivity index (χ0) is 8.27. The van der Waals surface area contributed by atoms with E-state index in [2.05, 4.69) is 10.4 Å². The molecule has 0 aliphatic carbocycles. The number of hydrogen-bond donors (Lipinski definition) is 0. The molecule has 0 aliphatic rings. The van der Waals surface area contributed by atoms with Crippen LogP contribution in [-0.4, -0.2) is 0 Å². The van der Waals surface area contributed by atoms with Crippen molar-refractivity contribution in [3.05, 3.63) is 33.8 Å². The van der Waals surface area contributed by atoms with E-state index < -0.39 is 5.82 Å². The summed E-state index contributed by atoms with van der Waals surface area (Å²) < 4.78 is 12.5. The molecule has 4 nitrogen and oxygen atoms in total. The number of benzene rings is 1. The van der Waals surface area contributed by atoms with E-state index in [-0.39, 0.29) is 11.4 Å². The monoisotopic (exact) mass is 154 g/mol. The summed E-state index contributed by atoms with van der Waals surface area (Å²) in [6.45, 7) is 0. The number of hydrogen-bond acceptors (Lipinski definition) is 4. The number of nitrogens with zero attached hydrogens (tertiary/aromatic N) is 2. The van der Waals surface area contributed by atoms with Gasteiger partial charge < -0.3 is 0 Å². The standard InChI is InChI=1S/C6H3FN2O2/c7-5-3-4(8-10)1-2-6(5)9-11/h1-3H. The summed E-state index contributed by atoms with van der Waals surface area (Å²) in [5, 5.41) is 4.85. The number of nitroso groups, excluding NO2 is 2. The molecule has 1 aromatic carbocycles. The Morgan fingerprint density at radius 2 is 1.91 bits per heavy atom. The summed E-state index contributed by atoms with van der Waals surface area (Å²) in [4.78, 5) is 19.7. The summed E-state index contributed by atoms with van der Waals surface area (Å²) in [7, 11) is 0. The Hall–Kier alpha value is -1.65. The first-order valence-electron chi connectivity index (χ1n) is 2.74. The summed E-state index contributed by atoms with van der Waals surface area (Å²) in [6.07, 6.45) is 0. The van der Waals surface area contributed by atoms with E-state index in [1.807, 2.05) is 0 Å². The minimum absolute atomic E-state index is 0.0603. The molecule has 5 heteroatoms. The summed E-state index contributed by atoms with van der Waals surface area (Å²) in [5.74, 6) is -0.836. The van der Waals surface area contributed by atoms with Gasteiger partial charge in [-0.25, -0.2) is 4.39 Å². The van der Waals surface area contributed by atoms with Crippen molar-refractivity contribution in [2.75, 3.05) is 0 Å². The predicted molar refractivity (Wildman–Crippen MR) is 37.3 cm³/mol. The maximum absolute atomic E-state index is 12.5. The molecular formula is C6H3FN2O2. The second-order valence-corrected chi connectivity index (χ2v) is 1.82. The van der Waals surface area contributed by atoms with Crippen molar-refractivity contribution >= 4 is 11.4 Å². The second-order valence-electron chi connectivity index (χ2n) is 1.82. The van der Waals surface area contributed by atoms with E-state index in [1.54, 1.807) is 0 Å². The second kappa shape index (κ2) is 2.96. The Labute approximate surface area is 61.0 Å². The van der Waals surface area contributed by atoms with Crippen LogP contribution < -0.4 is 0 Å². The molecule has 0 aromatic heterocycles. The van der Waals surface area contributed by atoms with E-state index in [4.69, 9.17) is 0 Å². The van der Waals surface area contributed by atoms with Crippen LogP contribution in [0.25, 0.3) is 0 Å². The fourth-order valence-corrected chi connectivity index (χ4v) is 0.627. The molecule has 0 saturated heterocycles. The topological polar surface area (TPSA) is 58.9 Å². The Balaban J connectivity index is 3.18. The lowest BCUT2D eigenvalue weighted by molar-refractivity contribution is 0.630. The Kier molecular flexibility index (Phi) is 2.00. The van der Waals surface area contributed by atoms with Gasteiger partial charge in [0.25, 0.3) is 0 Å². The molecule has 0 atom stereocenters. The Morgan fingerprint density at radius 3 is 2.36 bits per heavy atom. The fourth-order valence-electron chi connectivity index (χ4n) is 0.627. The molecule has 0 saturated carbocycles. The zero-order valence-electron chi connectivity index (χ0n) is 5.32. The van der Waals surface area contributed by atoms with Gasteiger partial charge in [0.05, 0.1) is 0 Å². The van der Waals surface area contributed by atoms with E-state index in [0.29, 0.717) is 0 Å². The lowest BCUT2D eigenvalue weighted by Crippen LogP contribution is -1.72. The Bertz CT molecular complexity index is 301. The van der Waals surface area contributed by atoms with E-state index in [0.717, 1.165) is 12.1 Å². The van der Waals surface area contributed by atoms with Crippen molar-refractivity contribution in [1.82, 2.24) is 0 Å². The molecule has 56 valence electrons. The quantitative estimate of drug-likeness (QED) is 0.614. The highest BCUT2D eigenvalue weighted by Crippen LogP contribution is 2.22. The SMILES string of the molecule is O=Nc1ccc(N=O)c(F)c1. The molecule has 0 radical (unpaired) electrons. The molecular weight excluding hydrogens is 151 g/mol. The molecule has 0 heterocycles. The average molecular weight is 154 g/mol. The van der Waals surface area contributed by atoms with Crippen LogP contribution in [0.5, 0.6) is 0 Å². The van der Waals surface area contributed by atoms with Gasteiger partial charge in [-0.05, 0) is 22.5 Å². The third kappa shape index (κ3) is 1.43. The predicted octanol–water partition coefficient (Wildman–Crippen LogP) is 2.62. The minimum atomic E-state index is -0.836. The highest BCUT2D eigenvalue weighted by Gasteiger charge is 2.02. The highest BCUT2D eigenvalue weighted by molar-refractivity contribution is 5.48. The molecule has 0 bridgehead atoms. The van der Waals surface area contributed by atoms with Gasteiger partial charge in [0.15, 0.2) is 5.82 Å². The van der Waals surface area contributed by atoms with E-state index >= 15 is 0 Å². The number of halogens is 1. The van der Waals surface area contributed by atoms with Gasteiger partial charge in [0.2, 0.25) is 0 Å².